The lowest BCUT2D eigenvalue weighted by molar-refractivity contribution is 0.208. The highest BCUT2D eigenvalue weighted by molar-refractivity contribution is 7.26. The molecule has 3 aromatic rings. The number of aliphatic hydroxyl groups is 1. The number of methoxy groups -OCH3 is 1. The molecule has 0 fully saturated rings. The summed E-state index contributed by atoms with van der Waals surface area (Å²) in [7, 11) is 3.39. The number of aliphatic hydroxyl groups excluding tert-OH is 1. The Hall–Kier alpha value is -1.37. The van der Waals surface area contributed by atoms with Gasteiger partial charge in [0.1, 0.15) is 11.8 Å². The summed E-state index contributed by atoms with van der Waals surface area (Å²) in [6.45, 7) is 0. The maximum atomic E-state index is 10.5. The summed E-state index contributed by atoms with van der Waals surface area (Å²) >= 11 is 3.28. The highest BCUT2D eigenvalue weighted by atomic mass is 32.1. The Morgan fingerprint density at radius 3 is 3.00 bits per heavy atom. The van der Waals surface area contributed by atoms with Crippen molar-refractivity contribution < 1.29 is 9.84 Å². The zero-order valence-electron chi connectivity index (χ0n) is 9.95. The minimum absolute atomic E-state index is 0.613. The number of hydrogen-bond donors (Lipinski definition) is 1. The first-order chi connectivity index (χ1) is 8.70. The van der Waals surface area contributed by atoms with E-state index in [1.165, 1.54) is 9.40 Å². The summed E-state index contributed by atoms with van der Waals surface area (Å²) in [6, 6.07) is 4.10. The van der Waals surface area contributed by atoms with Crippen LogP contribution >= 0.6 is 22.7 Å². The first-order valence-corrected chi connectivity index (χ1v) is 7.11. The van der Waals surface area contributed by atoms with Gasteiger partial charge in [0.05, 0.1) is 13.3 Å². The number of rotatable bonds is 3. The summed E-state index contributed by atoms with van der Waals surface area (Å²) in [6.07, 6.45) is 0.922. The van der Waals surface area contributed by atoms with Crippen LogP contribution in [0, 0.1) is 0 Å². The molecule has 0 bridgehead atoms. The van der Waals surface area contributed by atoms with Gasteiger partial charge in [-0.3, -0.25) is 4.68 Å². The maximum Gasteiger partial charge on any atom is 0.163 e. The molecule has 4 nitrogen and oxygen atoms in total. The number of fused-ring (bicyclic) bond motifs is 1. The third kappa shape index (κ3) is 1.73. The number of thiophene rings is 2. The molecule has 3 heterocycles. The van der Waals surface area contributed by atoms with Crippen LogP contribution in [0.2, 0.25) is 0 Å². The van der Waals surface area contributed by atoms with Gasteiger partial charge in [-0.2, -0.15) is 5.10 Å². The molecule has 0 aliphatic heterocycles. The smallest absolute Gasteiger partial charge is 0.163 e. The number of ether oxygens (including phenoxy) is 1. The Kier molecular flexibility index (Phi) is 2.85. The zero-order chi connectivity index (χ0) is 12.7. The van der Waals surface area contributed by atoms with E-state index < -0.39 is 6.10 Å². The van der Waals surface area contributed by atoms with Crippen LogP contribution in [-0.4, -0.2) is 22.0 Å². The second-order valence-electron chi connectivity index (χ2n) is 3.92. The quantitative estimate of drug-likeness (QED) is 0.802. The van der Waals surface area contributed by atoms with Gasteiger partial charge in [-0.05, 0) is 17.5 Å². The molecule has 1 N–H and O–H groups in total. The van der Waals surface area contributed by atoms with Crippen LogP contribution in [0.1, 0.15) is 16.7 Å². The number of aryl methyl sites for hydroxylation is 1. The molecule has 0 aromatic carbocycles. The zero-order valence-corrected chi connectivity index (χ0v) is 11.6. The van der Waals surface area contributed by atoms with Gasteiger partial charge in [0.15, 0.2) is 5.75 Å². The van der Waals surface area contributed by atoms with E-state index >= 15 is 0 Å². The standard InChI is InChI=1S/C12H12N2O2S2/c1-14-11(7(16-2)6-13-14)12(15)10-5-9-8(18-10)3-4-17-9/h3-6,12,15H,1-2H3. The minimum atomic E-state index is -0.697. The Labute approximate surface area is 112 Å². The third-order valence-corrected chi connectivity index (χ3v) is 5.00. The average molecular weight is 280 g/mol. The summed E-state index contributed by atoms with van der Waals surface area (Å²) in [5.41, 5.74) is 0.686. The van der Waals surface area contributed by atoms with Crippen molar-refractivity contribution >= 4 is 32.1 Å². The molecule has 3 rings (SSSR count). The van der Waals surface area contributed by atoms with Crippen LogP contribution in [0.15, 0.2) is 23.7 Å². The molecule has 1 unspecified atom stereocenters. The Balaban J connectivity index is 2.05. The molecule has 0 radical (unpaired) electrons. The summed E-state index contributed by atoms with van der Waals surface area (Å²) < 4.78 is 9.29. The second kappa shape index (κ2) is 4.38. The van der Waals surface area contributed by atoms with Gasteiger partial charge in [0.25, 0.3) is 0 Å². The fourth-order valence-electron chi connectivity index (χ4n) is 1.95. The van der Waals surface area contributed by atoms with Crippen molar-refractivity contribution in [2.24, 2.45) is 7.05 Å². The molecule has 0 aliphatic rings. The van der Waals surface area contributed by atoms with Gasteiger partial charge < -0.3 is 9.84 Å². The van der Waals surface area contributed by atoms with Crippen LogP contribution in [-0.2, 0) is 7.05 Å². The van der Waals surface area contributed by atoms with E-state index in [9.17, 15) is 5.11 Å². The number of nitrogens with zero attached hydrogens (tertiary/aromatic N) is 2. The monoisotopic (exact) mass is 280 g/mol. The molecule has 0 saturated carbocycles. The Morgan fingerprint density at radius 1 is 1.44 bits per heavy atom. The molecule has 6 heteroatoms. The maximum absolute atomic E-state index is 10.5. The van der Waals surface area contributed by atoms with E-state index in [0.717, 1.165) is 4.88 Å². The molecule has 18 heavy (non-hydrogen) atoms. The van der Waals surface area contributed by atoms with Crippen LogP contribution in [0.3, 0.4) is 0 Å². The van der Waals surface area contributed by atoms with Gasteiger partial charge in [0.2, 0.25) is 0 Å². The van der Waals surface area contributed by atoms with Gasteiger partial charge in [0, 0.05) is 21.3 Å². The topological polar surface area (TPSA) is 47.3 Å². The van der Waals surface area contributed by atoms with Crippen LogP contribution < -0.4 is 4.74 Å². The van der Waals surface area contributed by atoms with E-state index in [1.54, 1.807) is 47.7 Å². The van der Waals surface area contributed by atoms with Crippen molar-refractivity contribution in [3.05, 3.63) is 34.3 Å². The normalized spacial score (nSPS) is 13.1. The van der Waals surface area contributed by atoms with Gasteiger partial charge in [-0.1, -0.05) is 0 Å². The lowest BCUT2D eigenvalue weighted by Crippen LogP contribution is -2.06. The van der Waals surface area contributed by atoms with E-state index in [-0.39, 0.29) is 0 Å². The van der Waals surface area contributed by atoms with E-state index in [4.69, 9.17) is 4.74 Å². The molecule has 94 valence electrons. The molecule has 0 aliphatic carbocycles. The molecular weight excluding hydrogens is 268 g/mol. The molecule has 3 aromatic heterocycles. The molecule has 0 amide bonds. The minimum Gasteiger partial charge on any atom is -0.493 e. The highest BCUT2D eigenvalue weighted by Crippen LogP contribution is 2.37. The number of hydrogen-bond acceptors (Lipinski definition) is 5. The van der Waals surface area contributed by atoms with Crippen molar-refractivity contribution in [1.29, 1.82) is 0 Å². The largest absolute Gasteiger partial charge is 0.493 e. The van der Waals surface area contributed by atoms with Crippen LogP contribution in [0.4, 0.5) is 0 Å². The van der Waals surface area contributed by atoms with Crippen LogP contribution in [0.25, 0.3) is 9.40 Å². The fraction of sp³-hybridized carbons (Fsp3) is 0.250. The Morgan fingerprint density at radius 2 is 2.28 bits per heavy atom. The van der Waals surface area contributed by atoms with E-state index in [0.29, 0.717) is 11.4 Å². The van der Waals surface area contributed by atoms with Crippen molar-refractivity contribution in [2.45, 2.75) is 6.10 Å². The van der Waals surface area contributed by atoms with Gasteiger partial charge in [-0.15, -0.1) is 22.7 Å². The second-order valence-corrected chi connectivity index (χ2v) is 5.99. The fourth-order valence-corrected chi connectivity index (χ4v) is 4.06. The molecule has 0 spiro atoms. The van der Waals surface area contributed by atoms with E-state index in [2.05, 4.69) is 16.5 Å². The third-order valence-electron chi connectivity index (χ3n) is 2.86. The van der Waals surface area contributed by atoms with Crippen molar-refractivity contribution in [3.63, 3.8) is 0 Å². The summed E-state index contributed by atoms with van der Waals surface area (Å²) in [4.78, 5) is 0.916. The summed E-state index contributed by atoms with van der Waals surface area (Å²) in [5.74, 6) is 0.613. The summed E-state index contributed by atoms with van der Waals surface area (Å²) in [5, 5.41) is 16.6. The van der Waals surface area contributed by atoms with Crippen molar-refractivity contribution in [3.8, 4) is 5.75 Å². The Bertz CT molecular complexity index is 655. The van der Waals surface area contributed by atoms with Crippen LogP contribution in [0.5, 0.6) is 5.75 Å². The van der Waals surface area contributed by atoms with Crippen molar-refractivity contribution in [2.75, 3.05) is 7.11 Å². The average Bonchev–Trinajstić information content (AvgIpc) is 3.00. The lowest BCUT2D eigenvalue weighted by atomic mass is 10.2. The van der Waals surface area contributed by atoms with E-state index in [1.807, 2.05) is 6.07 Å². The van der Waals surface area contributed by atoms with Crippen molar-refractivity contribution in [1.82, 2.24) is 9.78 Å². The predicted molar refractivity (Wildman–Crippen MR) is 73.5 cm³/mol. The first-order valence-electron chi connectivity index (χ1n) is 5.41. The molecule has 1 atom stereocenters. The SMILES string of the molecule is COc1cnn(C)c1C(O)c1cc2sccc2s1. The van der Waals surface area contributed by atoms with Gasteiger partial charge in [-0.25, -0.2) is 0 Å². The number of aromatic nitrogens is 2. The lowest BCUT2D eigenvalue weighted by Gasteiger charge is -2.11. The van der Waals surface area contributed by atoms with Gasteiger partial charge >= 0.3 is 0 Å². The molecular formula is C12H12N2O2S2. The predicted octanol–water partition coefficient (Wildman–Crippen LogP) is 2.79. The highest BCUT2D eigenvalue weighted by Gasteiger charge is 2.22. The molecule has 0 saturated heterocycles. The first kappa shape index (κ1) is 11.7.